The maximum absolute atomic E-state index is 13.7. The fraction of sp³-hybridized carbons (Fsp3) is 0.231. The van der Waals surface area contributed by atoms with Crippen LogP contribution in [0.15, 0.2) is 77.7 Å². The zero-order valence-electron chi connectivity index (χ0n) is 18.9. The van der Waals surface area contributed by atoms with Crippen molar-refractivity contribution in [1.82, 2.24) is 4.98 Å². The van der Waals surface area contributed by atoms with Crippen molar-refractivity contribution >= 4 is 42.4 Å². The number of carbonyl (C=O) groups is 1. The van der Waals surface area contributed by atoms with E-state index in [4.69, 9.17) is 4.98 Å². The van der Waals surface area contributed by atoms with E-state index in [-0.39, 0.29) is 10.8 Å². The number of aryl methyl sites for hydroxylation is 1. The summed E-state index contributed by atoms with van der Waals surface area (Å²) in [7, 11) is -3.50. The lowest BCUT2D eigenvalue weighted by Crippen LogP contribution is -2.30. The number of aromatic nitrogens is 1. The Hall–Kier alpha value is -3.03. The standard InChI is InChI=1S/C26H26N2O3S2/c1-4-20-12-9-15-23-24(20)27-26(32-23)28(17-19-10-6-5-7-11-19)25(29)21-13-8-14-22(16-21)33(30,31)18(2)3/h5-16,18H,4,17H2,1-3H3. The minimum atomic E-state index is -3.50. The highest BCUT2D eigenvalue weighted by Crippen LogP contribution is 2.33. The van der Waals surface area contributed by atoms with E-state index in [1.807, 2.05) is 42.5 Å². The molecule has 4 aromatic rings. The number of benzene rings is 3. The van der Waals surface area contributed by atoms with Gasteiger partial charge in [0.15, 0.2) is 15.0 Å². The van der Waals surface area contributed by atoms with Crippen LogP contribution in [0.5, 0.6) is 0 Å². The van der Waals surface area contributed by atoms with Gasteiger partial charge in [0.1, 0.15) is 0 Å². The highest BCUT2D eigenvalue weighted by atomic mass is 32.2. The van der Waals surface area contributed by atoms with E-state index in [9.17, 15) is 13.2 Å². The zero-order valence-corrected chi connectivity index (χ0v) is 20.5. The molecular weight excluding hydrogens is 452 g/mol. The molecule has 33 heavy (non-hydrogen) atoms. The summed E-state index contributed by atoms with van der Waals surface area (Å²) < 4.78 is 26.4. The molecule has 0 fully saturated rings. The summed E-state index contributed by atoms with van der Waals surface area (Å²) in [5.41, 5.74) is 3.32. The Bertz CT molecular complexity index is 1390. The molecule has 170 valence electrons. The van der Waals surface area contributed by atoms with Crippen molar-refractivity contribution < 1.29 is 13.2 Å². The highest BCUT2D eigenvalue weighted by molar-refractivity contribution is 7.92. The normalized spacial score (nSPS) is 11.8. The summed E-state index contributed by atoms with van der Waals surface area (Å²) in [5.74, 6) is -0.281. The van der Waals surface area contributed by atoms with Crippen LogP contribution in [0.4, 0.5) is 5.13 Å². The van der Waals surface area contributed by atoms with Crippen LogP contribution >= 0.6 is 11.3 Å². The monoisotopic (exact) mass is 478 g/mol. The first-order valence-corrected chi connectivity index (χ1v) is 13.3. The molecule has 0 aliphatic carbocycles. The van der Waals surface area contributed by atoms with Crippen molar-refractivity contribution in [3.63, 3.8) is 0 Å². The molecule has 0 aliphatic heterocycles. The second-order valence-electron chi connectivity index (χ2n) is 8.11. The molecule has 0 saturated heterocycles. The van der Waals surface area contributed by atoms with E-state index >= 15 is 0 Å². The maximum atomic E-state index is 13.7. The van der Waals surface area contributed by atoms with Gasteiger partial charge in [-0.15, -0.1) is 0 Å². The van der Waals surface area contributed by atoms with E-state index in [0.717, 1.165) is 27.8 Å². The van der Waals surface area contributed by atoms with Crippen molar-refractivity contribution in [2.24, 2.45) is 0 Å². The first kappa shape index (κ1) is 23.1. The number of fused-ring (bicyclic) bond motifs is 1. The quantitative estimate of drug-likeness (QED) is 0.332. The van der Waals surface area contributed by atoms with Gasteiger partial charge in [-0.3, -0.25) is 9.69 Å². The van der Waals surface area contributed by atoms with E-state index in [1.165, 1.54) is 17.4 Å². The zero-order chi connectivity index (χ0) is 23.6. The lowest BCUT2D eigenvalue weighted by atomic mass is 10.1. The smallest absolute Gasteiger partial charge is 0.260 e. The van der Waals surface area contributed by atoms with Crippen molar-refractivity contribution in [2.75, 3.05) is 4.90 Å². The molecule has 1 aromatic heterocycles. The van der Waals surface area contributed by atoms with Crippen LogP contribution in [0.1, 0.15) is 42.3 Å². The van der Waals surface area contributed by atoms with Crippen LogP contribution in [0.3, 0.4) is 0 Å². The number of hydrogen-bond donors (Lipinski definition) is 0. The van der Waals surface area contributed by atoms with Crippen molar-refractivity contribution in [3.8, 4) is 0 Å². The summed E-state index contributed by atoms with van der Waals surface area (Å²) in [4.78, 5) is 20.4. The van der Waals surface area contributed by atoms with Crippen LogP contribution < -0.4 is 4.90 Å². The Balaban J connectivity index is 1.80. The predicted octanol–water partition coefficient (Wildman–Crippen LogP) is 5.89. The SMILES string of the molecule is CCc1cccc2sc(N(Cc3ccccc3)C(=O)c3cccc(S(=O)(=O)C(C)C)c3)nc12. The third kappa shape index (κ3) is 4.70. The molecule has 0 N–H and O–H groups in total. The molecule has 0 spiro atoms. The third-order valence-corrected chi connectivity index (χ3v) is 8.76. The van der Waals surface area contributed by atoms with Gasteiger partial charge in [0.05, 0.1) is 26.9 Å². The molecular formula is C26H26N2O3S2. The van der Waals surface area contributed by atoms with Crippen molar-refractivity contribution in [2.45, 2.75) is 43.9 Å². The minimum Gasteiger partial charge on any atom is -0.279 e. The first-order valence-electron chi connectivity index (χ1n) is 10.9. The van der Waals surface area contributed by atoms with Crippen molar-refractivity contribution in [1.29, 1.82) is 0 Å². The number of para-hydroxylation sites is 1. The summed E-state index contributed by atoms with van der Waals surface area (Å²) in [5, 5.41) is 0.0249. The molecule has 3 aromatic carbocycles. The van der Waals surface area contributed by atoms with Crippen LogP contribution in [0.2, 0.25) is 0 Å². The van der Waals surface area contributed by atoms with Gasteiger partial charge in [0.25, 0.3) is 5.91 Å². The fourth-order valence-electron chi connectivity index (χ4n) is 3.62. The topological polar surface area (TPSA) is 67.3 Å². The third-order valence-electron chi connectivity index (χ3n) is 5.56. The number of thiazole rings is 1. The van der Waals surface area contributed by atoms with Crippen molar-refractivity contribution in [3.05, 3.63) is 89.5 Å². The number of sulfone groups is 1. The molecule has 0 aliphatic rings. The van der Waals surface area contributed by atoms with Gasteiger partial charge in [0.2, 0.25) is 0 Å². The van der Waals surface area contributed by atoms with Gasteiger partial charge in [-0.2, -0.15) is 0 Å². The summed E-state index contributed by atoms with van der Waals surface area (Å²) in [6.07, 6.45) is 0.849. The number of hydrogen-bond acceptors (Lipinski definition) is 5. The molecule has 5 nitrogen and oxygen atoms in total. The van der Waals surface area contributed by atoms with E-state index in [0.29, 0.717) is 17.2 Å². The van der Waals surface area contributed by atoms with Gasteiger partial charge in [0, 0.05) is 5.56 Å². The molecule has 0 atom stereocenters. The molecule has 0 unspecified atom stereocenters. The van der Waals surface area contributed by atoms with E-state index < -0.39 is 15.1 Å². The molecule has 0 bridgehead atoms. The summed E-state index contributed by atoms with van der Waals surface area (Å²) >= 11 is 1.47. The van der Waals surface area contributed by atoms with Gasteiger partial charge in [-0.25, -0.2) is 13.4 Å². The first-order chi connectivity index (χ1) is 15.8. The molecule has 0 saturated carbocycles. The number of carbonyl (C=O) groups excluding carboxylic acids is 1. The average Bonchev–Trinajstić information content (AvgIpc) is 3.27. The lowest BCUT2D eigenvalue weighted by Gasteiger charge is -2.20. The lowest BCUT2D eigenvalue weighted by molar-refractivity contribution is 0.0985. The van der Waals surface area contributed by atoms with Gasteiger partial charge in [-0.1, -0.05) is 66.8 Å². The Morgan fingerprint density at radius 3 is 2.42 bits per heavy atom. The van der Waals surface area contributed by atoms with Gasteiger partial charge < -0.3 is 0 Å². The number of rotatable bonds is 7. The molecule has 7 heteroatoms. The van der Waals surface area contributed by atoms with Crippen LogP contribution in [0, 0.1) is 0 Å². The second-order valence-corrected chi connectivity index (χ2v) is 11.6. The van der Waals surface area contributed by atoms with Crippen LogP contribution in [-0.2, 0) is 22.8 Å². The fourth-order valence-corrected chi connectivity index (χ4v) is 5.74. The van der Waals surface area contributed by atoms with Crippen LogP contribution in [-0.4, -0.2) is 24.6 Å². The molecule has 4 rings (SSSR count). The number of nitrogens with zero attached hydrogens (tertiary/aromatic N) is 2. The number of anilines is 1. The van der Waals surface area contributed by atoms with E-state index in [2.05, 4.69) is 13.0 Å². The van der Waals surface area contributed by atoms with Gasteiger partial charge >= 0.3 is 0 Å². The highest BCUT2D eigenvalue weighted by Gasteiger charge is 2.25. The second kappa shape index (κ2) is 9.45. The van der Waals surface area contributed by atoms with Gasteiger partial charge in [-0.05, 0) is 55.7 Å². The summed E-state index contributed by atoms with van der Waals surface area (Å²) in [6.45, 7) is 5.69. The Morgan fingerprint density at radius 1 is 1.00 bits per heavy atom. The van der Waals surface area contributed by atoms with E-state index in [1.54, 1.807) is 36.9 Å². The molecule has 1 heterocycles. The number of amides is 1. The molecule has 0 radical (unpaired) electrons. The minimum absolute atomic E-state index is 0.153. The Kier molecular flexibility index (Phi) is 6.63. The van der Waals surface area contributed by atoms with Crippen LogP contribution in [0.25, 0.3) is 10.2 Å². The summed E-state index contributed by atoms with van der Waals surface area (Å²) in [6, 6.07) is 22.1. The predicted molar refractivity (Wildman–Crippen MR) is 135 cm³/mol. The maximum Gasteiger partial charge on any atom is 0.260 e. The Morgan fingerprint density at radius 2 is 1.73 bits per heavy atom. The average molecular weight is 479 g/mol. The Labute approximate surface area is 198 Å². The molecule has 1 amide bonds. The largest absolute Gasteiger partial charge is 0.279 e.